The van der Waals surface area contributed by atoms with Crippen molar-refractivity contribution < 1.29 is 13.5 Å². The summed E-state index contributed by atoms with van der Waals surface area (Å²) in [6.07, 6.45) is 1.46. The number of nitrogens with one attached hydrogen (secondary N) is 1. The molecule has 2 aromatic carbocycles. The Morgan fingerprint density at radius 2 is 1.82 bits per heavy atom. The summed E-state index contributed by atoms with van der Waals surface area (Å²) in [6, 6.07) is 15.7. The van der Waals surface area contributed by atoms with Gasteiger partial charge in [-0.25, -0.2) is 4.21 Å². The Hall–Kier alpha value is -2.55. The molecule has 1 aromatic heterocycles. The summed E-state index contributed by atoms with van der Waals surface area (Å²) in [5.41, 5.74) is 1.04. The number of aryl methyl sites for hydroxylation is 1. The zero-order chi connectivity index (χ0) is 20.3. The maximum absolute atomic E-state index is 12.8. The van der Waals surface area contributed by atoms with Crippen LogP contribution in [0.1, 0.15) is 16.1 Å². The molecule has 1 amide bonds. The number of thiocarbonyl (C=S) groups is 1. The highest BCUT2D eigenvalue weighted by Gasteiger charge is 2.24. The minimum atomic E-state index is -2.79. The summed E-state index contributed by atoms with van der Waals surface area (Å²) in [4.78, 5) is 13.3. The second-order valence-electron chi connectivity index (χ2n) is 5.91. The standard InChI is InChI=1S/C19H16ClN3O3S2/c1-12-16(17(22-26-12)14-10-6-7-11-15(14)20)18(24)21-19(27)23-28(2,25)13-8-4-3-5-9-13/h3-11H,1-2H3,(H,21,24,27)/t28-/m1/s1. The Balaban J connectivity index is 1.90. The van der Waals surface area contributed by atoms with Gasteiger partial charge in [0.25, 0.3) is 5.91 Å². The molecule has 1 atom stereocenters. The molecule has 0 radical (unpaired) electrons. The van der Waals surface area contributed by atoms with Crippen molar-refractivity contribution >= 4 is 44.6 Å². The van der Waals surface area contributed by atoms with E-state index in [1.807, 2.05) is 6.07 Å². The zero-order valence-electron chi connectivity index (χ0n) is 15.0. The van der Waals surface area contributed by atoms with Crippen LogP contribution in [0.3, 0.4) is 0 Å². The molecule has 0 spiro atoms. The van der Waals surface area contributed by atoms with Crippen molar-refractivity contribution in [3.05, 3.63) is 70.9 Å². The van der Waals surface area contributed by atoms with Crippen LogP contribution in [-0.4, -0.2) is 26.6 Å². The number of hydrogen-bond acceptors (Lipinski definition) is 5. The van der Waals surface area contributed by atoms with Crippen LogP contribution in [-0.2, 0) is 9.73 Å². The van der Waals surface area contributed by atoms with Crippen molar-refractivity contribution in [2.24, 2.45) is 4.36 Å². The number of nitrogens with zero attached hydrogens (tertiary/aromatic N) is 2. The number of carbonyl (C=O) groups is 1. The Morgan fingerprint density at radius 3 is 2.50 bits per heavy atom. The molecule has 28 heavy (non-hydrogen) atoms. The average Bonchev–Trinajstić information content (AvgIpc) is 3.03. The predicted molar refractivity (Wildman–Crippen MR) is 113 cm³/mol. The topological polar surface area (TPSA) is 84.6 Å². The fourth-order valence-corrected chi connectivity index (χ4v) is 4.42. The lowest BCUT2D eigenvalue weighted by molar-refractivity contribution is 0.0976. The van der Waals surface area contributed by atoms with Gasteiger partial charge in [-0.15, -0.1) is 0 Å². The van der Waals surface area contributed by atoms with Gasteiger partial charge in [0.1, 0.15) is 17.0 Å². The number of carbonyl (C=O) groups excluding carboxylic acids is 1. The molecule has 6 nitrogen and oxygen atoms in total. The third-order valence-corrected chi connectivity index (χ3v) is 6.19. The molecule has 0 aliphatic heterocycles. The van der Waals surface area contributed by atoms with Crippen molar-refractivity contribution in [1.82, 2.24) is 10.5 Å². The summed E-state index contributed by atoms with van der Waals surface area (Å²) >= 11 is 11.3. The van der Waals surface area contributed by atoms with Crippen LogP contribution in [0.15, 0.2) is 68.4 Å². The molecular weight excluding hydrogens is 418 g/mol. The first kappa shape index (κ1) is 20.2. The summed E-state index contributed by atoms with van der Waals surface area (Å²) in [5, 5.41) is 6.67. The van der Waals surface area contributed by atoms with E-state index in [0.717, 1.165) is 0 Å². The fraction of sp³-hybridized carbons (Fsp3) is 0.105. The van der Waals surface area contributed by atoms with E-state index in [4.69, 9.17) is 28.3 Å². The van der Waals surface area contributed by atoms with Crippen LogP contribution in [0.2, 0.25) is 5.02 Å². The van der Waals surface area contributed by atoms with E-state index < -0.39 is 15.6 Å². The van der Waals surface area contributed by atoms with Gasteiger partial charge < -0.3 is 4.52 Å². The van der Waals surface area contributed by atoms with E-state index in [1.54, 1.807) is 55.5 Å². The summed E-state index contributed by atoms with van der Waals surface area (Å²) in [5.74, 6) is -0.263. The van der Waals surface area contributed by atoms with Gasteiger partial charge >= 0.3 is 0 Å². The summed E-state index contributed by atoms with van der Waals surface area (Å²) in [7, 11) is -2.79. The monoisotopic (exact) mass is 433 g/mol. The Bertz CT molecular complexity index is 1170. The third kappa shape index (κ3) is 4.30. The SMILES string of the molecule is Cc1onc(-c2ccccc2Cl)c1C(=O)NC(=S)N=[S@](C)(=O)c1ccccc1. The van der Waals surface area contributed by atoms with Gasteiger partial charge in [0, 0.05) is 16.7 Å². The molecule has 0 unspecified atom stereocenters. The number of amides is 1. The lowest BCUT2D eigenvalue weighted by Crippen LogP contribution is -2.29. The molecule has 3 aromatic rings. The lowest BCUT2D eigenvalue weighted by Gasteiger charge is -2.07. The van der Waals surface area contributed by atoms with Crippen LogP contribution in [0, 0.1) is 6.92 Å². The molecule has 0 bridgehead atoms. The van der Waals surface area contributed by atoms with Gasteiger partial charge in [-0.3, -0.25) is 10.1 Å². The Morgan fingerprint density at radius 1 is 1.18 bits per heavy atom. The van der Waals surface area contributed by atoms with Crippen LogP contribution in [0.4, 0.5) is 0 Å². The smallest absolute Gasteiger partial charge is 0.263 e. The van der Waals surface area contributed by atoms with Crippen molar-refractivity contribution in [2.45, 2.75) is 11.8 Å². The molecular formula is C19H16ClN3O3S2. The van der Waals surface area contributed by atoms with Gasteiger partial charge in [0.15, 0.2) is 0 Å². The van der Waals surface area contributed by atoms with Crippen molar-refractivity contribution in [3.63, 3.8) is 0 Å². The molecule has 0 aliphatic carbocycles. The van der Waals surface area contributed by atoms with Crippen molar-refractivity contribution in [3.8, 4) is 11.3 Å². The van der Waals surface area contributed by atoms with E-state index in [9.17, 15) is 9.00 Å². The third-order valence-electron chi connectivity index (χ3n) is 3.88. The van der Waals surface area contributed by atoms with Gasteiger partial charge in [-0.2, -0.15) is 4.36 Å². The lowest BCUT2D eigenvalue weighted by atomic mass is 10.1. The van der Waals surface area contributed by atoms with Gasteiger partial charge in [0.2, 0.25) is 5.11 Å². The normalized spacial score (nSPS) is 12.8. The van der Waals surface area contributed by atoms with Gasteiger partial charge in [-0.05, 0) is 37.3 Å². The molecule has 0 saturated heterocycles. The fourth-order valence-electron chi connectivity index (χ4n) is 2.54. The maximum Gasteiger partial charge on any atom is 0.263 e. The Labute approximate surface area is 173 Å². The number of rotatable bonds is 3. The van der Waals surface area contributed by atoms with E-state index >= 15 is 0 Å². The summed E-state index contributed by atoms with van der Waals surface area (Å²) in [6.45, 7) is 1.61. The molecule has 0 fully saturated rings. The van der Waals surface area contributed by atoms with Gasteiger partial charge in [0.05, 0.1) is 14.8 Å². The van der Waals surface area contributed by atoms with Crippen LogP contribution in [0.5, 0.6) is 0 Å². The maximum atomic E-state index is 12.8. The number of hydrogen-bond donors (Lipinski definition) is 1. The molecule has 0 aliphatic rings. The minimum Gasteiger partial charge on any atom is -0.360 e. The number of aromatic nitrogens is 1. The second-order valence-corrected chi connectivity index (χ2v) is 8.96. The first-order valence-electron chi connectivity index (χ1n) is 8.13. The highest BCUT2D eigenvalue weighted by atomic mass is 35.5. The average molecular weight is 434 g/mol. The molecule has 9 heteroatoms. The van der Waals surface area contributed by atoms with Crippen LogP contribution >= 0.6 is 23.8 Å². The van der Waals surface area contributed by atoms with E-state index in [-0.39, 0.29) is 10.7 Å². The van der Waals surface area contributed by atoms with E-state index in [2.05, 4.69) is 14.8 Å². The van der Waals surface area contributed by atoms with E-state index in [1.165, 1.54) is 6.26 Å². The second kappa shape index (κ2) is 8.22. The summed E-state index contributed by atoms with van der Waals surface area (Å²) < 4.78 is 22.0. The van der Waals surface area contributed by atoms with Crippen molar-refractivity contribution in [1.29, 1.82) is 0 Å². The van der Waals surface area contributed by atoms with Crippen molar-refractivity contribution in [2.75, 3.05) is 6.26 Å². The zero-order valence-corrected chi connectivity index (χ0v) is 17.4. The molecule has 3 rings (SSSR count). The largest absolute Gasteiger partial charge is 0.360 e. The molecule has 1 heterocycles. The number of halogens is 1. The molecule has 144 valence electrons. The predicted octanol–water partition coefficient (Wildman–Crippen LogP) is 4.48. The van der Waals surface area contributed by atoms with E-state index in [0.29, 0.717) is 26.9 Å². The first-order valence-corrected chi connectivity index (χ1v) is 10.8. The van der Waals surface area contributed by atoms with Crippen LogP contribution in [0.25, 0.3) is 11.3 Å². The highest BCUT2D eigenvalue weighted by Crippen LogP contribution is 2.30. The first-order chi connectivity index (χ1) is 13.3. The van der Waals surface area contributed by atoms with Gasteiger partial charge in [-0.1, -0.05) is 53.2 Å². The molecule has 1 N–H and O–H groups in total. The van der Waals surface area contributed by atoms with Crippen LogP contribution < -0.4 is 5.32 Å². The Kier molecular flexibility index (Phi) is 5.93. The number of benzene rings is 2. The highest BCUT2D eigenvalue weighted by molar-refractivity contribution is 7.94. The minimum absolute atomic E-state index is 0.188. The molecule has 0 saturated carbocycles. The quantitative estimate of drug-likeness (QED) is 0.616.